The number of pyridine rings is 2. The average molecular weight is 472 g/mol. The van der Waals surface area contributed by atoms with E-state index in [0.717, 1.165) is 11.1 Å². The van der Waals surface area contributed by atoms with Crippen LogP contribution in [0.1, 0.15) is 25.3 Å². The molecule has 3 aromatic rings. The Balaban J connectivity index is 1.48. The maximum atomic E-state index is 12.4. The van der Waals surface area contributed by atoms with Crippen molar-refractivity contribution in [3.05, 3.63) is 42.4 Å². The molecule has 1 aliphatic heterocycles. The molecule has 1 aliphatic rings. The molecule has 4 heterocycles. The molecule has 0 saturated carbocycles. The number of piperazine rings is 1. The Hall–Kier alpha value is -3.81. The molecule has 0 spiro atoms. The molecule has 0 aliphatic carbocycles. The summed E-state index contributed by atoms with van der Waals surface area (Å²) >= 11 is 0. The van der Waals surface area contributed by atoms with Crippen LogP contribution in [-0.2, 0) is 4.79 Å². The molecule has 3 aromatic heterocycles. The van der Waals surface area contributed by atoms with Crippen LogP contribution in [0, 0.1) is 11.3 Å². The van der Waals surface area contributed by atoms with Gasteiger partial charge in [-0.3, -0.25) is 4.79 Å². The van der Waals surface area contributed by atoms with Gasteiger partial charge in [-0.05, 0) is 25.1 Å². The van der Waals surface area contributed by atoms with E-state index < -0.39 is 24.9 Å². The van der Waals surface area contributed by atoms with Crippen molar-refractivity contribution in [1.82, 2.24) is 19.5 Å². The fraction of sp³-hybridized carbons (Fsp3) is 0.391. The number of hydrogen-bond donors (Lipinski definition) is 0. The molecule has 0 atom stereocenters. The average Bonchev–Trinajstić information content (AvgIpc) is 3.25. The minimum Gasteiger partial charge on any atom is -0.492 e. The summed E-state index contributed by atoms with van der Waals surface area (Å²) in [5, 5.41) is 13.7. The SMILES string of the molecule is CCOc1cc(-c2ccc(N3CCN(C(=O)CCC(F)(F)F)CC3)nc2)c2c(C#N)cnn2c1. The first kappa shape index (κ1) is 23.4. The first-order chi connectivity index (χ1) is 16.3. The third-order valence-electron chi connectivity index (χ3n) is 5.66. The Morgan fingerprint density at radius 1 is 1.21 bits per heavy atom. The van der Waals surface area contributed by atoms with Crippen molar-refractivity contribution in [3.8, 4) is 22.9 Å². The van der Waals surface area contributed by atoms with Crippen LogP contribution in [0.25, 0.3) is 16.6 Å². The van der Waals surface area contributed by atoms with E-state index in [1.165, 1.54) is 11.1 Å². The van der Waals surface area contributed by atoms with E-state index in [2.05, 4.69) is 16.2 Å². The van der Waals surface area contributed by atoms with Gasteiger partial charge in [-0.15, -0.1) is 0 Å². The quantitative estimate of drug-likeness (QED) is 0.544. The molecule has 0 radical (unpaired) electrons. The number of hydrogen-bond acceptors (Lipinski definition) is 6. The number of alkyl halides is 3. The van der Waals surface area contributed by atoms with Gasteiger partial charge >= 0.3 is 6.18 Å². The van der Waals surface area contributed by atoms with E-state index in [-0.39, 0.29) is 0 Å². The van der Waals surface area contributed by atoms with Gasteiger partial charge in [0.05, 0.1) is 36.5 Å². The summed E-state index contributed by atoms with van der Waals surface area (Å²) in [5.74, 6) is 0.845. The van der Waals surface area contributed by atoms with Crippen molar-refractivity contribution in [2.75, 3.05) is 37.7 Å². The van der Waals surface area contributed by atoms with Crippen LogP contribution in [0.4, 0.5) is 19.0 Å². The van der Waals surface area contributed by atoms with Crippen LogP contribution < -0.4 is 9.64 Å². The molecular weight excluding hydrogens is 449 g/mol. The van der Waals surface area contributed by atoms with Crippen molar-refractivity contribution in [3.63, 3.8) is 0 Å². The molecular formula is C23H23F3N6O2. The summed E-state index contributed by atoms with van der Waals surface area (Å²) < 4.78 is 44.4. The van der Waals surface area contributed by atoms with Crippen molar-refractivity contribution in [2.24, 2.45) is 0 Å². The summed E-state index contributed by atoms with van der Waals surface area (Å²) in [6, 6.07) is 7.75. The van der Waals surface area contributed by atoms with E-state index in [1.54, 1.807) is 16.9 Å². The number of nitriles is 1. The summed E-state index contributed by atoms with van der Waals surface area (Å²) in [5.41, 5.74) is 2.65. The van der Waals surface area contributed by atoms with E-state index in [4.69, 9.17) is 4.74 Å². The molecule has 4 rings (SSSR count). The van der Waals surface area contributed by atoms with Crippen LogP contribution >= 0.6 is 0 Å². The van der Waals surface area contributed by atoms with E-state index in [1.807, 2.05) is 30.0 Å². The molecule has 0 aromatic carbocycles. The Bertz CT molecular complexity index is 1210. The first-order valence-electron chi connectivity index (χ1n) is 10.9. The zero-order chi connectivity index (χ0) is 24.3. The van der Waals surface area contributed by atoms with Gasteiger partial charge in [-0.2, -0.15) is 23.5 Å². The number of carbonyl (C=O) groups is 1. The lowest BCUT2D eigenvalue weighted by atomic mass is 10.1. The van der Waals surface area contributed by atoms with Gasteiger partial charge in [0.15, 0.2) is 0 Å². The zero-order valence-corrected chi connectivity index (χ0v) is 18.5. The second kappa shape index (κ2) is 9.59. The molecule has 0 N–H and O–H groups in total. The van der Waals surface area contributed by atoms with Gasteiger partial charge in [0.1, 0.15) is 17.6 Å². The summed E-state index contributed by atoms with van der Waals surface area (Å²) in [4.78, 5) is 20.1. The molecule has 178 valence electrons. The Labute approximate surface area is 194 Å². The second-order valence-electron chi connectivity index (χ2n) is 7.87. The van der Waals surface area contributed by atoms with Gasteiger partial charge in [0, 0.05) is 49.9 Å². The summed E-state index contributed by atoms with van der Waals surface area (Å²) in [7, 11) is 0. The monoisotopic (exact) mass is 472 g/mol. The van der Waals surface area contributed by atoms with E-state index >= 15 is 0 Å². The fourth-order valence-corrected chi connectivity index (χ4v) is 3.97. The topological polar surface area (TPSA) is 86.8 Å². The first-order valence-corrected chi connectivity index (χ1v) is 10.9. The summed E-state index contributed by atoms with van der Waals surface area (Å²) in [6.07, 6.45) is -1.02. The van der Waals surface area contributed by atoms with Gasteiger partial charge in [-0.25, -0.2) is 9.50 Å². The lowest BCUT2D eigenvalue weighted by molar-refractivity contribution is -0.149. The number of carbonyl (C=O) groups excluding carboxylic acids is 1. The van der Waals surface area contributed by atoms with Crippen molar-refractivity contribution < 1.29 is 22.7 Å². The number of ether oxygens (including phenoxy) is 1. The second-order valence-corrected chi connectivity index (χ2v) is 7.87. The van der Waals surface area contributed by atoms with Crippen molar-refractivity contribution in [2.45, 2.75) is 25.9 Å². The normalized spacial score (nSPS) is 14.3. The number of nitrogens with zero attached hydrogens (tertiary/aromatic N) is 6. The van der Waals surface area contributed by atoms with Gasteiger partial charge in [-0.1, -0.05) is 0 Å². The van der Waals surface area contributed by atoms with Crippen molar-refractivity contribution >= 4 is 17.2 Å². The molecule has 11 heteroatoms. The molecule has 1 fully saturated rings. The van der Waals surface area contributed by atoms with Crippen molar-refractivity contribution in [1.29, 1.82) is 5.26 Å². The van der Waals surface area contributed by atoms with E-state index in [9.17, 15) is 23.2 Å². The predicted molar refractivity (Wildman–Crippen MR) is 118 cm³/mol. The van der Waals surface area contributed by atoms with Crippen LogP contribution in [0.5, 0.6) is 5.75 Å². The molecule has 34 heavy (non-hydrogen) atoms. The highest BCUT2D eigenvalue weighted by molar-refractivity contribution is 5.85. The maximum absolute atomic E-state index is 12.4. The molecule has 0 unspecified atom stereocenters. The van der Waals surface area contributed by atoms with Gasteiger partial charge in [0.2, 0.25) is 5.91 Å². The fourth-order valence-electron chi connectivity index (χ4n) is 3.97. The highest BCUT2D eigenvalue weighted by Gasteiger charge is 2.30. The Kier molecular flexibility index (Phi) is 6.58. The van der Waals surface area contributed by atoms with Gasteiger partial charge in [0.25, 0.3) is 0 Å². The number of fused-ring (bicyclic) bond motifs is 1. The minimum atomic E-state index is -4.33. The minimum absolute atomic E-state index is 0.346. The molecule has 1 saturated heterocycles. The Morgan fingerprint density at radius 2 is 1.97 bits per heavy atom. The molecule has 8 nitrogen and oxygen atoms in total. The van der Waals surface area contributed by atoms with Crippen LogP contribution in [0.3, 0.4) is 0 Å². The number of amides is 1. The largest absolute Gasteiger partial charge is 0.492 e. The lowest BCUT2D eigenvalue weighted by Gasteiger charge is -2.35. The van der Waals surface area contributed by atoms with Crippen LogP contribution in [-0.4, -0.2) is 64.4 Å². The molecule has 0 bridgehead atoms. The summed E-state index contributed by atoms with van der Waals surface area (Å²) in [6.45, 7) is 4.02. The third-order valence-corrected chi connectivity index (χ3v) is 5.66. The lowest BCUT2D eigenvalue weighted by Crippen LogP contribution is -2.49. The Morgan fingerprint density at radius 3 is 2.59 bits per heavy atom. The van der Waals surface area contributed by atoms with Crippen LogP contribution in [0.2, 0.25) is 0 Å². The number of halogens is 3. The smallest absolute Gasteiger partial charge is 0.389 e. The highest BCUT2D eigenvalue weighted by Crippen LogP contribution is 2.31. The zero-order valence-electron chi connectivity index (χ0n) is 18.5. The standard InChI is InChI=1S/C23H23F3N6O2/c1-2-34-18-11-19(22-17(12-27)14-29-32(22)15-18)16-3-4-20(28-13-16)30-7-9-31(10-8-30)21(33)5-6-23(24,25)26/h3-4,11,13-15H,2,5-10H2,1H3. The highest BCUT2D eigenvalue weighted by atomic mass is 19.4. The van der Waals surface area contributed by atoms with Gasteiger partial charge < -0.3 is 14.5 Å². The van der Waals surface area contributed by atoms with E-state index in [0.29, 0.717) is 55.4 Å². The maximum Gasteiger partial charge on any atom is 0.389 e. The number of rotatable bonds is 6. The molecule has 1 amide bonds. The number of aromatic nitrogens is 3. The number of anilines is 1. The third kappa shape index (κ3) is 5.06. The van der Waals surface area contributed by atoms with Crippen LogP contribution in [0.15, 0.2) is 36.8 Å². The predicted octanol–water partition coefficient (Wildman–Crippen LogP) is 3.66.